The van der Waals surface area contributed by atoms with E-state index in [4.69, 9.17) is 4.74 Å². The van der Waals surface area contributed by atoms with Gasteiger partial charge in [0.1, 0.15) is 17.7 Å². The molecule has 1 rings (SSSR count). The van der Waals surface area contributed by atoms with Crippen molar-refractivity contribution in [2.45, 2.75) is 104 Å². The third kappa shape index (κ3) is 11.8. The molecule has 0 radical (unpaired) electrons. The van der Waals surface area contributed by atoms with E-state index in [0.29, 0.717) is 12.0 Å². The van der Waals surface area contributed by atoms with Crippen LogP contribution in [0.5, 0.6) is 0 Å². The fourth-order valence-corrected chi connectivity index (χ4v) is 3.85. The highest BCUT2D eigenvalue weighted by Gasteiger charge is 2.37. The first-order chi connectivity index (χ1) is 17.2. The van der Waals surface area contributed by atoms with Gasteiger partial charge in [-0.1, -0.05) is 63.5 Å². The molecule has 208 valence electrons. The summed E-state index contributed by atoms with van der Waals surface area (Å²) in [4.78, 5) is 41.4. The number of unbranched alkanes of at least 4 members (excludes halogenated alkanes) is 4. The molecule has 2 atom stereocenters. The lowest BCUT2D eigenvalue weighted by Gasteiger charge is -2.36. The van der Waals surface area contributed by atoms with Gasteiger partial charge in [-0.2, -0.15) is 0 Å². The van der Waals surface area contributed by atoms with Gasteiger partial charge < -0.3 is 25.4 Å². The summed E-state index contributed by atoms with van der Waals surface area (Å²) in [5.41, 5.74) is 0.126. The van der Waals surface area contributed by atoms with Crippen molar-refractivity contribution in [3.05, 3.63) is 42.0 Å². The van der Waals surface area contributed by atoms with Crippen LogP contribution in [-0.4, -0.2) is 58.2 Å². The third-order valence-electron chi connectivity index (χ3n) is 5.48. The Balaban J connectivity index is 3.45. The molecule has 0 saturated heterocycles. The lowest BCUT2D eigenvalue weighted by atomic mass is 9.98. The van der Waals surface area contributed by atoms with Gasteiger partial charge in [-0.15, -0.1) is 0 Å². The predicted molar refractivity (Wildman–Crippen MR) is 148 cm³/mol. The molecular weight excluding hydrogens is 470 g/mol. The number of carbonyl (C=O) groups excluding carboxylic acids is 3. The Morgan fingerprint density at radius 1 is 1.08 bits per heavy atom. The summed E-state index contributed by atoms with van der Waals surface area (Å²) in [5.74, 6) is -0.897. The predicted octanol–water partition coefficient (Wildman–Crippen LogP) is 4.97. The molecule has 1 aromatic carbocycles. The molecule has 0 aromatic heterocycles. The van der Waals surface area contributed by atoms with Crippen LogP contribution in [0, 0.1) is 0 Å². The van der Waals surface area contributed by atoms with E-state index in [1.165, 1.54) is 4.90 Å². The summed E-state index contributed by atoms with van der Waals surface area (Å²) in [7, 11) is 0. The van der Waals surface area contributed by atoms with Gasteiger partial charge in [-0.25, -0.2) is 4.79 Å². The van der Waals surface area contributed by atoms with E-state index >= 15 is 0 Å². The minimum atomic E-state index is -1.27. The maximum absolute atomic E-state index is 13.8. The topological polar surface area (TPSA) is 108 Å². The Hall–Kier alpha value is -2.87. The number of ether oxygens (including phenoxy) is 1. The lowest BCUT2D eigenvalue weighted by molar-refractivity contribution is -0.144. The van der Waals surface area contributed by atoms with Crippen LogP contribution < -0.4 is 10.6 Å². The molecule has 1 aromatic rings. The molecule has 3 amide bonds. The third-order valence-corrected chi connectivity index (χ3v) is 5.48. The van der Waals surface area contributed by atoms with Crippen molar-refractivity contribution >= 4 is 24.0 Å². The molecule has 0 aliphatic heterocycles. The number of aliphatic hydroxyl groups excluding tert-OH is 1. The monoisotopic (exact) mass is 517 g/mol. The molecule has 0 bridgehead atoms. The van der Waals surface area contributed by atoms with Crippen LogP contribution in [0.25, 0.3) is 6.08 Å². The van der Waals surface area contributed by atoms with Crippen LogP contribution in [0.3, 0.4) is 0 Å². The van der Waals surface area contributed by atoms with Crippen LogP contribution in [-0.2, 0) is 14.3 Å². The average Bonchev–Trinajstić information content (AvgIpc) is 2.79. The Morgan fingerprint density at radius 3 is 2.27 bits per heavy atom. The van der Waals surface area contributed by atoms with E-state index in [0.717, 1.165) is 31.2 Å². The van der Waals surface area contributed by atoms with Crippen molar-refractivity contribution < 1.29 is 24.2 Å². The maximum atomic E-state index is 13.8. The summed E-state index contributed by atoms with van der Waals surface area (Å²) in [6, 6.07) is 5.08. The molecule has 0 aliphatic rings. The molecule has 8 heteroatoms. The van der Waals surface area contributed by atoms with Crippen molar-refractivity contribution in [1.82, 2.24) is 15.5 Å². The number of aliphatic hydroxyl groups is 1. The SMILES string of the molecule is C=Cc1cccc(C(C(=O)NC(C)(C)C)N(CCCCCCC)C(=O)C(CO)NC(=O)OC(C)(C)C)c1. The van der Waals surface area contributed by atoms with Gasteiger partial charge in [0.2, 0.25) is 11.8 Å². The standard InChI is InChI=1S/C29H47N3O5/c1-9-11-12-13-14-18-32(26(35)23(20-33)30-27(36)37-29(6,7)8)24(25(34)31-28(3,4)5)22-17-15-16-21(10-2)19-22/h10,15-17,19,23-24,33H,2,9,11-14,18,20H2,1,3-8H3,(H,30,36)(H,31,34). The number of nitrogens with one attached hydrogen (secondary N) is 2. The minimum absolute atomic E-state index is 0.287. The zero-order chi connectivity index (χ0) is 28.2. The molecule has 0 fully saturated rings. The smallest absolute Gasteiger partial charge is 0.408 e. The zero-order valence-corrected chi connectivity index (χ0v) is 23.7. The molecule has 37 heavy (non-hydrogen) atoms. The van der Waals surface area contributed by atoms with Gasteiger partial charge in [0.15, 0.2) is 0 Å². The van der Waals surface area contributed by atoms with Crippen molar-refractivity contribution in [3.8, 4) is 0 Å². The Morgan fingerprint density at radius 2 is 1.73 bits per heavy atom. The van der Waals surface area contributed by atoms with Crippen molar-refractivity contribution in [3.63, 3.8) is 0 Å². The van der Waals surface area contributed by atoms with Gasteiger partial charge in [0, 0.05) is 12.1 Å². The van der Waals surface area contributed by atoms with E-state index in [1.54, 1.807) is 32.9 Å². The second-order valence-corrected chi connectivity index (χ2v) is 11.3. The van der Waals surface area contributed by atoms with Gasteiger partial charge in [0.05, 0.1) is 6.61 Å². The summed E-state index contributed by atoms with van der Waals surface area (Å²) in [6.07, 6.45) is 5.62. The van der Waals surface area contributed by atoms with Crippen LogP contribution in [0.15, 0.2) is 30.8 Å². The van der Waals surface area contributed by atoms with E-state index in [2.05, 4.69) is 24.1 Å². The number of rotatable bonds is 13. The number of amides is 3. The van der Waals surface area contributed by atoms with Crippen molar-refractivity contribution in [1.29, 1.82) is 0 Å². The molecule has 8 nitrogen and oxygen atoms in total. The number of benzene rings is 1. The Labute approximate surface area is 222 Å². The second kappa shape index (κ2) is 14.8. The van der Waals surface area contributed by atoms with Crippen LogP contribution in [0.2, 0.25) is 0 Å². The molecule has 2 unspecified atom stereocenters. The van der Waals surface area contributed by atoms with Gasteiger partial charge in [-0.3, -0.25) is 9.59 Å². The summed E-state index contributed by atoms with van der Waals surface area (Å²) in [6.45, 7) is 16.4. The first-order valence-corrected chi connectivity index (χ1v) is 13.2. The van der Waals surface area contributed by atoms with E-state index < -0.39 is 41.8 Å². The second-order valence-electron chi connectivity index (χ2n) is 11.3. The first kappa shape index (κ1) is 32.2. The van der Waals surface area contributed by atoms with Crippen LogP contribution in [0.4, 0.5) is 4.79 Å². The highest BCUT2D eigenvalue weighted by atomic mass is 16.6. The van der Waals surface area contributed by atoms with E-state index in [-0.39, 0.29) is 12.5 Å². The molecule has 0 spiro atoms. The van der Waals surface area contributed by atoms with Crippen LogP contribution >= 0.6 is 0 Å². The van der Waals surface area contributed by atoms with E-state index in [1.807, 2.05) is 39.0 Å². The molecule has 0 saturated carbocycles. The number of alkyl carbamates (subject to hydrolysis) is 1. The molecular formula is C29H47N3O5. The number of hydrogen-bond acceptors (Lipinski definition) is 5. The highest BCUT2D eigenvalue weighted by molar-refractivity contribution is 5.92. The molecule has 3 N–H and O–H groups in total. The highest BCUT2D eigenvalue weighted by Crippen LogP contribution is 2.26. The first-order valence-electron chi connectivity index (χ1n) is 13.2. The van der Waals surface area contributed by atoms with Crippen LogP contribution in [0.1, 0.15) is 97.7 Å². The van der Waals surface area contributed by atoms with Gasteiger partial charge >= 0.3 is 6.09 Å². The normalized spacial score (nSPS) is 13.3. The Kier molecular flexibility index (Phi) is 12.8. The summed E-state index contributed by atoms with van der Waals surface area (Å²) in [5, 5.41) is 15.5. The fourth-order valence-electron chi connectivity index (χ4n) is 3.85. The summed E-state index contributed by atoms with van der Waals surface area (Å²) >= 11 is 0. The molecule has 0 heterocycles. The Bertz CT molecular complexity index is 902. The number of carbonyl (C=O) groups is 3. The van der Waals surface area contributed by atoms with Crippen molar-refractivity contribution in [2.75, 3.05) is 13.2 Å². The summed E-state index contributed by atoms with van der Waals surface area (Å²) < 4.78 is 5.29. The lowest BCUT2D eigenvalue weighted by Crippen LogP contribution is -2.55. The van der Waals surface area contributed by atoms with Crippen molar-refractivity contribution in [2.24, 2.45) is 0 Å². The van der Waals surface area contributed by atoms with Gasteiger partial charge in [-0.05, 0) is 65.2 Å². The fraction of sp³-hybridized carbons (Fsp3) is 0.621. The maximum Gasteiger partial charge on any atom is 0.408 e. The van der Waals surface area contributed by atoms with Gasteiger partial charge in [0.25, 0.3) is 0 Å². The zero-order valence-electron chi connectivity index (χ0n) is 23.7. The number of hydrogen-bond donors (Lipinski definition) is 3. The minimum Gasteiger partial charge on any atom is -0.444 e. The average molecular weight is 518 g/mol. The number of nitrogens with zero attached hydrogens (tertiary/aromatic N) is 1. The van der Waals surface area contributed by atoms with E-state index in [9.17, 15) is 19.5 Å². The quantitative estimate of drug-likeness (QED) is 0.320. The largest absolute Gasteiger partial charge is 0.444 e. The molecule has 0 aliphatic carbocycles.